The molecule has 2 unspecified atom stereocenters. The van der Waals surface area contributed by atoms with Crippen LogP contribution in [0.2, 0.25) is 0 Å². The molecule has 1 aromatic carbocycles. The molecule has 2 atom stereocenters. The molecule has 4 aliphatic heterocycles. The van der Waals surface area contributed by atoms with Gasteiger partial charge in [0.1, 0.15) is 0 Å². The van der Waals surface area contributed by atoms with Crippen LogP contribution in [0, 0.1) is 11.8 Å². The van der Waals surface area contributed by atoms with Crippen molar-refractivity contribution >= 4 is 157 Å². The molecule has 118 heavy (non-hydrogen) atoms. The second kappa shape index (κ2) is 45.5. The molecule has 0 N–H and O–H groups in total. The summed E-state index contributed by atoms with van der Waals surface area (Å²) in [6.07, 6.45) is 49.4. The van der Waals surface area contributed by atoms with Gasteiger partial charge < -0.3 is 19.6 Å². The Morgan fingerprint density at radius 1 is 0.271 bits per heavy atom. The largest absolute Gasteiger partial charge is 0.306 e. The Kier molecular flexibility index (Phi) is 34.7. The Balaban J connectivity index is 0.935. The van der Waals surface area contributed by atoms with E-state index in [1.807, 2.05) is 64.9 Å². The Morgan fingerprint density at radius 2 is 0.551 bits per heavy atom. The molecule has 4 aliphatic rings. The Labute approximate surface area is 740 Å². The second-order valence-electron chi connectivity index (χ2n) is 34.1. The van der Waals surface area contributed by atoms with Crippen molar-refractivity contribution in [3.63, 3.8) is 0 Å². The summed E-state index contributed by atoms with van der Waals surface area (Å²) in [5.74, 6) is 1.14. The molecule has 0 radical (unpaired) electrons. The average molecular weight is 1740 g/mol. The highest BCUT2D eigenvalue weighted by atomic mass is 32.1. The molecule has 9 aromatic rings. The van der Waals surface area contributed by atoms with E-state index in [-0.39, 0.29) is 23.6 Å². The first-order valence-electron chi connectivity index (χ1n) is 46.7. The average Bonchev–Trinajstić information content (AvgIpc) is 1.56. The van der Waals surface area contributed by atoms with Crippen LogP contribution in [0.4, 0.5) is 0 Å². The molecule has 8 nitrogen and oxygen atoms in total. The number of unbranched alkanes of at least 4 members (excludes halogenated alkanes) is 30. The third kappa shape index (κ3) is 21.3. The van der Waals surface area contributed by atoms with E-state index >= 15 is 19.2 Å². The summed E-state index contributed by atoms with van der Waals surface area (Å²) in [4.78, 5) is 84.8. The molecule has 8 aromatic heterocycles. The predicted molar refractivity (Wildman–Crippen MR) is 518 cm³/mol. The van der Waals surface area contributed by atoms with E-state index in [9.17, 15) is 0 Å². The maximum absolute atomic E-state index is 15.7. The van der Waals surface area contributed by atoms with Gasteiger partial charge in [0, 0.05) is 96.5 Å². The lowest BCUT2D eigenvalue weighted by molar-refractivity contribution is -0.124. The number of rotatable bonds is 56. The number of hydrogen-bond donors (Lipinski definition) is 0. The first kappa shape index (κ1) is 89.9. The van der Waals surface area contributed by atoms with Crippen molar-refractivity contribution in [1.82, 2.24) is 19.6 Å². The molecular weight excluding hydrogens is 1600 g/mol. The van der Waals surface area contributed by atoms with Gasteiger partial charge in [0.2, 0.25) is 0 Å². The highest BCUT2D eigenvalue weighted by Crippen LogP contribution is 2.58. The van der Waals surface area contributed by atoms with Crippen molar-refractivity contribution in [2.75, 3.05) is 26.2 Å². The molecular formula is C102H134N4O4S8. The lowest BCUT2D eigenvalue weighted by atomic mass is 9.95. The van der Waals surface area contributed by atoms with Crippen molar-refractivity contribution in [3.8, 4) is 40.4 Å². The van der Waals surface area contributed by atoms with Gasteiger partial charge in [0.15, 0.2) is 0 Å². The van der Waals surface area contributed by atoms with E-state index in [1.165, 1.54) is 228 Å². The van der Waals surface area contributed by atoms with Crippen LogP contribution in [-0.2, 0) is 32.0 Å². The number of fused-ring (bicyclic) bond motifs is 4. The maximum atomic E-state index is 15.7. The zero-order chi connectivity index (χ0) is 82.3. The molecule has 0 saturated heterocycles. The fourth-order valence-electron chi connectivity index (χ4n) is 18.5. The zero-order valence-corrected chi connectivity index (χ0v) is 79.1. The van der Waals surface area contributed by atoms with Crippen LogP contribution in [0.5, 0.6) is 0 Å². The lowest BCUT2D eigenvalue weighted by Gasteiger charge is -2.24. The smallest absolute Gasteiger partial charge is 0.261 e. The summed E-state index contributed by atoms with van der Waals surface area (Å²) in [5, 5.41) is 6.70. The van der Waals surface area contributed by atoms with Crippen LogP contribution < -0.4 is 0 Å². The number of hydrogen-bond acceptors (Lipinski definition) is 12. The highest BCUT2D eigenvalue weighted by molar-refractivity contribution is 7.29. The fourth-order valence-corrected chi connectivity index (χ4v) is 27.4. The normalized spacial score (nSPS) is 15.1. The van der Waals surface area contributed by atoms with Gasteiger partial charge in [-0.3, -0.25) is 19.2 Å². The van der Waals surface area contributed by atoms with E-state index in [4.69, 9.17) is 0 Å². The monoisotopic (exact) mass is 1730 g/mol. The number of amides is 4. The second-order valence-corrected chi connectivity index (χ2v) is 42.6. The highest BCUT2D eigenvalue weighted by Gasteiger charge is 2.51. The van der Waals surface area contributed by atoms with Crippen molar-refractivity contribution < 1.29 is 19.2 Å². The van der Waals surface area contributed by atoms with Gasteiger partial charge in [-0.05, 0) is 134 Å². The quantitative estimate of drug-likeness (QED) is 0.0356. The predicted octanol–water partition coefficient (Wildman–Crippen LogP) is 32.8. The molecule has 13 rings (SSSR count). The van der Waals surface area contributed by atoms with E-state index < -0.39 is 0 Å². The molecule has 0 fully saturated rings. The van der Waals surface area contributed by atoms with E-state index in [1.54, 1.807) is 45.3 Å². The van der Waals surface area contributed by atoms with Crippen LogP contribution in [0.3, 0.4) is 0 Å². The van der Waals surface area contributed by atoms with Gasteiger partial charge in [-0.25, -0.2) is 0 Å². The summed E-state index contributed by atoms with van der Waals surface area (Å²) in [6.45, 7) is 20.8. The van der Waals surface area contributed by atoms with Gasteiger partial charge in [-0.1, -0.05) is 299 Å². The van der Waals surface area contributed by atoms with E-state index in [0.717, 1.165) is 155 Å². The van der Waals surface area contributed by atoms with Gasteiger partial charge in [0.25, 0.3) is 23.6 Å². The third-order valence-electron chi connectivity index (χ3n) is 25.3. The first-order valence-corrected chi connectivity index (χ1v) is 53.4. The Hall–Kier alpha value is -5.82. The molecule has 0 spiro atoms. The summed E-state index contributed by atoms with van der Waals surface area (Å²) in [5.41, 5.74) is 8.18. The number of nitrogens with zero attached hydrogens (tertiary/aromatic N) is 4. The van der Waals surface area contributed by atoms with Crippen LogP contribution in [0.1, 0.15) is 341 Å². The van der Waals surface area contributed by atoms with Crippen LogP contribution in [-0.4, -0.2) is 69.4 Å². The number of benzene rings is 1. The molecule has 16 heteroatoms. The van der Waals surface area contributed by atoms with Gasteiger partial charge in [0.05, 0.1) is 64.6 Å². The Bertz CT molecular complexity index is 4520. The van der Waals surface area contributed by atoms with Crippen LogP contribution in [0.25, 0.3) is 83.4 Å². The minimum absolute atomic E-state index is 0.0267. The van der Waals surface area contributed by atoms with Crippen molar-refractivity contribution in [2.45, 2.75) is 325 Å². The molecule has 0 saturated carbocycles. The number of carbonyl (C=O) groups excluding carboxylic acids is 4. The summed E-state index contributed by atoms with van der Waals surface area (Å²) < 4.78 is 2.57. The molecule has 12 heterocycles. The van der Waals surface area contributed by atoms with Gasteiger partial charge in [-0.15, -0.1) is 90.7 Å². The minimum atomic E-state index is -0.0267. The van der Waals surface area contributed by atoms with Crippen LogP contribution >= 0.6 is 90.7 Å². The van der Waals surface area contributed by atoms with Gasteiger partial charge >= 0.3 is 0 Å². The molecule has 4 amide bonds. The zero-order valence-electron chi connectivity index (χ0n) is 72.6. The summed E-state index contributed by atoms with van der Waals surface area (Å²) in [7, 11) is 0. The fraction of sp³-hybridized carbons (Fsp3) is 0.549. The van der Waals surface area contributed by atoms with Crippen molar-refractivity contribution in [2.24, 2.45) is 11.8 Å². The third-order valence-corrected chi connectivity index (χ3v) is 34.2. The van der Waals surface area contributed by atoms with Crippen molar-refractivity contribution in [3.05, 3.63) is 147 Å². The van der Waals surface area contributed by atoms with Gasteiger partial charge in [-0.2, -0.15) is 0 Å². The topological polar surface area (TPSA) is 81.2 Å². The minimum Gasteiger partial charge on any atom is -0.306 e. The van der Waals surface area contributed by atoms with E-state index in [0.29, 0.717) is 60.3 Å². The number of carbonyl (C=O) groups is 4. The Morgan fingerprint density at radius 3 is 0.839 bits per heavy atom. The standard InChI is InChI=1S/C102H134N4O4S8/c1-9-17-23-27-31-35-39-43-61-103-93(81-51-47-65-111-81)89-91(101(103)109)95(105(99(89)107)63-45-41-37-33-29-25-19-11-3)83-59-57-77(115-83)85-69-75-87(79-55-53-73(113-79)67-71(15-7)49-21-13-5)98-76(88(97(75)117-85)80-56-54-74(114-80)68-72(16-8)50-22-14-6)70-86(118-98)78-58-60-84(116-78)96-92-90(100(108)106(96)64-46-42-38-34-30-26-20-12-4)94(82-52-48-66-112-82)104(102(92)110)62-44-40-36-32-28-24-18-10-2/h47-48,51-60,65-66,69-72H,9-46,49-50,61-64,67-68H2,1-8H3. The van der Waals surface area contributed by atoms with E-state index in [2.05, 4.69) is 151 Å². The van der Waals surface area contributed by atoms with Crippen molar-refractivity contribution in [1.29, 1.82) is 0 Å². The summed E-state index contributed by atoms with van der Waals surface area (Å²) in [6, 6.07) is 32.2. The SMILES string of the molecule is CCCCCCCCCCN1C(=O)C2=C(c3ccc(-c4cc5c(-c6ccc(CC(CC)CCCC)s6)c6sc(-c7ccc(C8=C9C(=O)N(CCCCCCCCCC)C(c%10cccs%10)=C9C(=O)N8CCCCCCCCCC)s7)cc6c(-c6ccc(CC(CC)CCCC)s6)c5s4)s3)N(CCCCCCCCCC)C(=O)C2=C1c1cccs1. The first-order chi connectivity index (χ1) is 58.0. The molecule has 634 valence electrons. The van der Waals surface area contributed by atoms with Crippen LogP contribution in [0.15, 0.2) is 118 Å². The molecule has 0 bridgehead atoms. The maximum Gasteiger partial charge on any atom is 0.261 e. The summed E-state index contributed by atoms with van der Waals surface area (Å²) >= 11 is 14.6. The number of thiophene rings is 8. The molecule has 0 aliphatic carbocycles. The lowest BCUT2D eigenvalue weighted by Crippen LogP contribution is -2.30.